The van der Waals surface area contributed by atoms with Crippen LogP contribution in [0.25, 0.3) is 5.57 Å². The summed E-state index contributed by atoms with van der Waals surface area (Å²) in [5, 5.41) is 0. The fourth-order valence-electron chi connectivity index (χ4n) is 4.32. The van der Waals surface area contributed by atoms with Gasteiger partial charge in [0.15, 0.2) is 5.78 Å². The van der Waals surface area contributed by atoms with E-state index in [1.807, 2.05) is 48.5 Å². The zero-order valence-electron chi connectivity index (χ0n) is 14.9. The van der Waals surface area contributed by atoms with Crippen LogP contribution >= 0.6 is 0 Å². The Kier molecular flexibility index (Phi) is 3.56. The zero-order valence-corrected chi connectivity index (χ0v) is 14.9. The average molecular weight is 369 g/mol. The summed E-state index contributed by atoms with van der Waals surface area (Å²) < 4.78 is 13.4. The number of carbonyl (C=O) groups is 2. The largest absolute Gasteiger partial charge is 0.291 e. The van der Waals surface area contributed by atoms with Crippen molar-refractivity contribution in [1.29, 1.82) is 0 Å². The molecule has 0 spiro atoms. The number of ketones is 1. The molecule has 0 N–H and O–H groups in total. The van der Waals surface area contributed by atoms with Gasteiger partial charge in [-0.3, -0.25) is 14.5 Å². The first-order valence-electron chi connectivity index (χ1n) is 9.11. The van der Waals surface area contributed by atoms with Gasteiger partial charge in [0, 0.05) is 18.1 Å². The van der Waals surface area contributed by atoms with Crippen LogP contribution in [-0.2, 0) is 10.3 Å². The van der Waals surface area contributed by atoms with Crippen LogP contribution in [0.5, 0.6) is 0 Å². The van der Waals surface area contributed by atoms with Crippen molar-refractivity contribution in [2.45, 2.75) is 12.0 Å². The van der Waals surface area contributed by atoms with Crippen LogP contribution in [0.3, 0.4) is 0 Å². The van der Waals surface area contributed by atoms with E-state index in [1.165, 1.54) is 12.1 Å². The molecule has 0 radical (unpaired) electrons. The Hall–Kier alpha value is -3.53. The first-order valence-corrected chi connectivity index (χ1v) is 9.11. The lowest BCUT2D eigenvalue weighted by molar-refractivity contribution is -0.115. The molecular weight excluding hydrogens is 353 g/mol. The molecule has 2 heterocycles. The maximum Gasteiger partial charge on any atom is 0.252 e. The van der Waals surface area contributed by atoms with Gasteiger partial charge in [0.25, 0.3) is 5.91 Å². The molecule has 4 heteroatoms. The predicted molar refractivity (Wildman–Crippen MR) is 105 cm³/mol. The van der Waals surface area contributed by atoms with E-state index in [-0.39, 0.29) is 17.5 Å². The average Bonchev–Trinajstić information content (AvgIpc) is 2.99. The lowest BCUT2D eigenvalue weighted by Gasteiger charge is -2.41. The molecule has 3 aromatic carbocycles. The van der Waals surface area contributed by atoms with E-state index >= 15 is 0 Å². The number of amides is 1. The molecule has 28 heavy (non-hydrogen) atoms. The Morgan fingerprint density at radius 1 is 0.821 bits per heavy atom. The molecule has 0 bridgehead atoms. The number of para-hydroxylation sites is 1. The number of hydrogen-bond acceptors (Lipinski definition) is 2. The van der Waals surface area contributed by atoms with Crippen molar-refractivity contribution in [3.05, 3.63) is 107 Å². The third kappa shape index (κ3) is 2.21. The standard InChI is InChI=1S/C24H16FNO2/c25-19-12-10-16(11-13-19)17-14-22(27)26-21-9-5-4-8-20(21)23(28)24(26,15-17)18-6-2-1-3-7-18/h1-14H,15H2/t24-/m0/s1. The Morgan fingerprint density at radius 2 is 1.50 bits per heavy atom. The highest BCUT2D eigenvalue weighted by atomic mass is 19.1. The second-order valence-corrected chi connectivity index (χ2v) is 7.10. The van der Waals surface area contributed by atoms with Crippen LogP contribution in [0.15, 0.2) is 84.9 Å². The molecule has 0 fully saturated rings. The summed E-state index contributed by atoms with van der Waals surface area (Å²) in [5.41, 5.74) is 2.31. The molecule has 0 aliphatic carbocycles. The number of carbonyl (C=O) groups excluding carboxylic acids is 2. The molecule has 1 atom stereocenters. The Balaban J connectivity index is 1.74. The number of halogens is 1. The highest BCUT2D eigenvalue weighted by Crippen LogP contribution is 2.51. The molecule has 136 valence electrons. The first kappa shape index (κ1) is 16.6. The predicted octanol–water partition coefficient (Wildman–Crippen LogP) is 4.74. The van der Waals surface area contributed by atoms with Crippen molar-refractivity contribution in [2.75, 3.05) is 4.90 Å². The van der Waals surface area contributed by atoms with Gasteiger partial charge in [0.2, 0.25) is 0 Å². The maximum atomic E-state index is 13.6. The quantitative estimate of drug-likeness (QED) is 0.654. The number of Topliss-reactive ketones (excluding diaryl/α,β-unsaturated/α-hetero) is 1. The third-order valence-corrected chi connectivity index (χ3v) is 5.58. The van der Waals surface area contributed by atoms with E-state index in [2.05, 4.69) is 0 Å². The molecule has 3 nitrogen and oxygen atoms in total. The Labute approximate surface area is 161 Å². The highest BCUT2D eigenvalue weighted by Gasteiger charge is 2.56. The molecule has 3 aromatic rings. The van der Waals surface area contributed by atoms with Crippen LogP contribution in [0.4, 0.5) is 10.1 Å². The molecule has 0 saturated heterocycles. The fourth-order valence-corrected chi connectivity index (χ4v) is 4.32. The Morgan fingerprint density at radius 3 is 2.25 bits per heavy atom. The van der Waals surface area contributed by atoms with Gasteiger partial charge in [-0.05, 0) is 41.0 Å². The van der Waals surface area contributed by atoms with E-state index in [9.17, 15) is 14.0 Å². The van der Waals surface area contributed by atoms with Crippen molar-refractivity contribution >= 4 is 23.0 Å². The number of anilines is 1. The number of rotatable bonds is 2. The molecule has 0 saturated carbocycles. The van der Waals surface area contributed by atoms with E-state index < -0.39 is 5.54 Å². The molecule has 0 unspecified atom stereocenters. The van der Waals surface area contributed by atoms with Gasteiger partial charge in [-0.15, -0.1) is 0 Å². The van der Waals surface area contributed by atoms with Crippen LogP contribution in [0, 0.1) is 5.82 Å². The van der Waals surface area contributed by atoms with Crippen molar-refractivity contribution < 1.29 is 14.0 Å². The lowest BCUT2D eigenvalue weighted by atomic mass is 9.76. The minimum absolute atomic E-state index is 0.0876. The van der Waals surface area contributed by atoms with Crippen LogP contribution in [0.1, 0.15) is 27.9 Å². The monoisotopic (exact) mass is 369 g/mol. The van der Waals surface area contributed by atoms with Crippen molar-refractivity contribution in [1.82, 2.24) is 0 Å². The van der Waals surface area contributed by atoms with Crippen LogP contribution < -0.4 is 4.90 Å². The second kappa shape index (κ2) is 5.99. The van der Waals surface area contributed by atoms with Crippen molar-refractivity contribution in [3.63, 3.8) is 0 Å². The molecular formula is C24H16FNO2. The van der Waals surface area contributed by atoms with Crippen molar-refractivity contribution in [3.8, 4) is 0 Å². The number of fused-ring (bicyclic) bond motifs is 3. The minimum atomic E-state index is -1.12. The number of benzene rings is 3. The molecule has 2 aliphatic rings. The summed E-state index contributed by atoms with van der Waals surface area (Å²) in [4.78, 5) is 28.5. The van der Waals surface area contributed by atoms with Gasteiger partial charge in [-0.2, -0.15) is 0 Å². The fraction of sp³-hybridized carbons (Fsp3) is 0.0833. The zero-order chi connectivity index (χ0) is 19.3. The normalized spacial score (nSPS) is 20.6. The highest BCUT2D eigenvalue weighted by molar-refractivity contribution is 6.25. The van der Waals surface area contributed by atoms with Gasteiger partial charge in [0.1, 0.15) is 11.4 Å². The topological polar surface area (TPSA) is 37.4 Å². The molecule has 0 aromatic heterocycles. The lowest BCUT2D eigenvalue weighted by Crippen LogP contribution is -2.52. The summed E-state index contributed by atoms with van der Waals surface area (Å²) in [7, 11) is 0. The third-order valence-electron chi connectivity index (χ3n) is 5.58. The van der Waals surface area contributed by atoms with Gasteiger partial charge in [-0.25, -0.2) is 4.39 Å². The van der Waals surface area contributed by atoms with Crippen LogP contribution in [-0.4, -0.2) is 11.7 Å². The first-order chi connectivity index (χ1) is 13.6. The van der Waals surface area contributed by atoms with Gasteiger partial charge >= 0.3 is 0 Å². The Bertz CT molecular complexity index is 1130. The van der Waals surface area contributed by atoms with Gasteiger partial charge in [0.05, 0.1) is 5.69 Å². The summed E-state index contributed by atoms with van der Waals surface area (Å²) in [6, 6.07) is 22.7. The summed E-state index contributed by atoms with van der Waals surface area (Å²) >= 11 is 0. The molecule has 2 aliphatic heterocycles. The van der Waals surface area contributed by atoms with E-state index in [4.69, 9.17) is 0 Å². The summed E-state index contributed by atoms with van der Waals surface area (Å²) in [5.74, 6) is -0.668. The van der Waals surface area contributed by atoms with Gasteiger partial charge in [-0.1, -0.05) is 54.6 Å². The summed E-state index contributed by atoms with van der Waals surface area (Å²) in [6.45, 7) is 0. The molecule has 5 rings (SSSR count). The number of hydrogen-bond donors (Lipinski definition) is 0. The second-order valence-electron chi connectivity index (χ2n) is 7.10. The van der Waals surface area contributed by atoms with E-state index in [0.717, 1.165) is 16.7 Å². The smallest absolute Gasteiger partial charge is 0.252 e. The molecule has 1 amide bonds. The van der Waals surface area contributed by atoms with E-state index in [0.29, 0.717) is 17.7 Å². The van der Waals surface area contributed by atoms with Crippen molar-refractivity contribution in [2.24, 2.45) is 0 Å². The van der Waals surface area contributed by atoms with E-state index in [1.54, 1.807) is 29.2 Å². The number of nitrogens with zero attached hydrogens (tertiary/aromatic N) is 1. The maximum absolute atomic E-state index is 13.6. The SMILES string of the molecule is O=C1C=C(c2ccc(F)cc2)C[C@]2(c3ccccc3)C(=O)c3ccccc3N12. The minimum Gasteiger partial charge on any atom is -0.291 e. The van der Waals surface area contributed by atoms with Crippen LogP contribution in [0.2, 0.25) is 0 Å². The summed E-state index contributed by atoms with van der Waals surface area (Å²) in [6.07, 6.45) is 1.89. The van der Waals surface area contributed by atoms with Gasteiger partial charge < -0.3 is 0 Å².